The summed E-state index contributed by atoms with van der Waals surface area (Å²) in [4.78, 5) is 21.4. The zero-order valence-corrected chi connectivity index (χ0v) is 17.6. The number of anilines is 1. The molecule has 0 bridgehead atoms. The Hall–Kier alpha value is -2.48. The second-order valence-corrected chi connectivity index (χ2v) is 8.27. The molecule has 6 nitrogen and oxygen atoms in total. The quantitative estimate of drug-likeness (QED) is 0.674. The average Bonchev–Trinajstić information content (AvgIpc) is 3.17. The van der Waals surface area contributed by atoms with Crippen molar-refractivity contribution in [3.05, 3.63) is 53.6 Å². The molecule has 0 atom stereocenters. The van der Waals surface area contributed by atoms with E-state index in [1.807, 2.05) is 54.3 Å². The third-order valence-corrected chi connectivity index (χ3v) is 6.31. The molecule has 1 aliphatic heterocycles. The number of benzene rings is 2. The van der Waals surface area contributed by atoms with E-state index in [0.717, 1.165) is 59.5 Å². The van der Waals surface area contributed by atoms with Crippen LogP contribution in [-0.4, -0.2) is 57.4 Å². The first-order valence-corrected chi connectivity index (χ1v) is 10.7. The van der Waals surface area contributed by atoms with Gasteiger partial charge in [0.1, 0.15) is 18.8 Å². The summed E-state index contributed by atoms with van der Waals surface area (Å²) in [6.45, 7) is 7.03. The summed E-state index contributed by atoms with van der Waals surface area (Å²) in [5.41, 5.74) is 2.67. The van der Waals surface area contributed by atoms with Gasteiger partial charge in [-0.15, -0.1) is 0 Å². The van der Waals surface area contributed by atoms with Crippen molar-refractivity contribution >= 4 is 32.6 Å². The molecule has 1 aliphatic rings. The van der Waals surface area contributed by atoms with Crippen LogP contribution in [0.3, 0.4) is 0 Å². The van der Waals surface area contributed by atoms with Crippen molar-refractivity contribution in [2.75, 3.05) is 51.4 Å². The highest BCUT2D eigenvalue weighted by atomic mass is 32.1. The van der Waals surface area contributed by atoms with Crippen LogP contribution in [0.5, 0.6) is 5.75 Å². The molecule has 0 spiro atoms. The van der Waals surface area contributed by atoms with Crippen LogP contribution in [0.15, 0.2) is 42.5 Å². The summed E-state index contributed by atoms with van der Waals surface area (Å²) >= 11 is 1.54. The number of amides is 1. The number of aromatic nitrogens is 1. The van der Waals surface area contributed by atoms with Crippen LogP contribution >= 0.6 is 11.3 Å². The molecule has 0 radical (unpaired) electrons. The summed E-state index contributed by atoms with van der Waals surface area (Å²) in [6.07, 6.45) is 0. The van der Waals surface area contributed by atoms with E-state index in [9.17, 15) is 4.79 Å². The first-order valence-electron chi connectivity index (χ1n) is 9.88. The number of thiazole rings is 1. The summed E-state index contributed by atoms with van der Waals surface area (Å²) in [5.74, 6) is 0.757. The van der Waals surface area contributed by atoms with Gasteiger partial charge in [-0.3, -0.25) is 9.69 Å². The van der Waals surface area contributed by atoms with E-state index in [1.165, 1.54) is 4.90 Å². The Kier molecular flexibility index (Phi) is 6.08. The molecule has 4 rings (SSSR count). The predicted molar refractivity (Wildman–Crippen MR) is 115 cm³/mol. The Bertz CT molecular complexity index is 981. The molecule has 1 amide bonds. The highest BCUT2D eigenvalue weighted by Gasteiger charge is 2.24. The number of quaternary nitrogens is 1. The number of nitrogens with zero attached hydrogens (tertiary/aromatic N) is 2. The van der Waals surface area contributed by atoms with Crippen LogP contribution in [0.4, 0.5) is 5.13 Å². The molecule has 1 fully saturated rings. The molecule has 2 heterocycles. The second kappa shape index (κ2) is 8.90. The maximum absolute atomic E-state index is 13.4. The van der Waals surface area contributed by atoms with Crippen molar-refractivity contribution in [3.8, 4) is 5.75 Å². The highest BCUT2D eigenvalue weighted by Crippen LogP contribution is 2.31. The summed E-state index contributed by atoms with van der Waals surface area (Å²) < 4.78 is 11.8. The minimum absolute atomic E-state index is 0.0105. The molecule has 0 aliphatic carbocycles. The van der Waals surface area contributed by atoms with Gasteiger partial charge in [0.25, 0.3) is 5.91 Å². The van der Waals surface area contributed by atoms with Crippen molar-refractivity contribution in [2.24, 2.45) is 0 Å². The van der Waals surface area contributed by atoms with Gasteiger partial charge in [0.15, 0.2) is 5.13 Å². The molecule has 7 heteroatoms. The lowest BCUT2D eigenvalue weighted by Gasteiger charge is -2.27. The van der Waals surface area contributed by atoms with Crippen molar-refractivity contribution in [2.45, 2.75) is 6.92 Å². The maximum atomic E-state index is 13.4. The molecule has 0 saturated carbocycles. The van der Waals surface area contributed by atoms with Crippen LogP contribution < -0.4 is 14.5 Å². The number of fused-ring (bicyclic) bond motifs is 1. The molecule has 152 valence electrons. The molecule has 29 heavy (non-hydrogen) atoms. The Morgan fingerprint density at radius 3 is 2.69 bits per heavy atom. The summed E-state index contributed by atoms with van der Waals surface area (Å²) in [5, 5.41) is 0.728. The van der Waals surface area contributed by atoms with Gasteiger partial charge in [0.2, 0.25) is 0 Å². The number of carbonyl (C=O) groups is 1. The number of morpholine rings is 1. The zero-order chi connectivity index (χ0) is 20.2. The van der Waals surface area contributed by atoms with Crippen LogP contribution in [-0.2, 0) is 4.74 Å². The standard InChI is InChI=1S/C22H25N3O3S/c1-16-3-5-17(6-4-16)21(26)25(10-9-24-11-13-28-14-12-24)22-23-19-15-18(27-2)7-8-20(19)29-22/h3-8,15H,9-14H2,1-2H3/p+1. The SMILES string of the molecule is COc1ccc2sc(N(CC[NH+]3CCOCC3)C(=O)c3ccc(C)cc3)nc2c1. The summed E-state index contributed by atoms with van der Waals surface area (Å²) in [6, 6.07) is 13.6. The number of hydrogen-bond acceptors (Lipinski definition) is 5. The molecule has 1 aromatic heterocycles. The van der Waals surface area contributed by atoms with Crippen molar-refractivity contribution in [3.63, 3.8) is 0 Å². The molecular formula is C22H26N3O3S+. The Morgan fingerprint density at radius 1 is 1.21 bits per heavy atom. The molecule has 3 aromatic rings. The average molecular weight is 413 g/mol. The highest BCUT2D eigenvalue weighted by molar-refractivity contribution is 7.22. The van der Waals surface area contributed by atoms with Gasteiger partial charge in [-0.2, -0.15) is 0 Å². The van der Waals surface area contributed by atoms with Crippen LogP contribution in [0.2, 0.25) is 0 Å². The smallest absolute Gasteiger partial charge is 0.260 e. The fraction of sp³-hybridized carbons (Fsp3) is 0.364. The van der Waals surface area contributed by atoms with Crippen LogP contribution in [0.25, 0.3) is 10.2 Å². The van der Waals surface area contributed by atoms with Crippen molar-refractivity contribution in [1.82, 2.24) is 4.98 Å². The lowest BCUT2D eigenvalue weighted by molar-refractivity contribution is -0.906. The maximum Gasteiger partial charge on any atom is 0.260 e. The van der Waals surface area contributed by atoms with Gasteiger partial charge in [-0.1, -0.05) is 29.0 Å². The molecular weight excluding hydrogens is 386 g/mol. The first-order chi connectivity index (χ1) is 14.1. The number of methoxy groups -OCH3 is 1. The Morgan fingerprint density at radius 2 is 1.97 bits per heavy atom. The molecule has 1 saturated heterocycles. The first kappa shape index (κ1) is 19.8. The van der Waals surface area contributed by atoms with E-state index in [4.69, 9.17) is 14.5 Å². The lowest BCUT2D eigenvalue weighted by atomic mass is 10.1. The van der Waals surface area contributed by atoms with E-state index >= 15 is 0 Å². The number of hydrogen-bond donors (Lipinski definition) is 1. The van der Waals surface area contributed by atoms with Crippen molar-refractivity contribution in [1.29, 1.82) is 0 Å². The van der Waals surface area contributed by atoms with E-state index < -0.39 is 0 Å². The van der Waals surface area contributed by atoms with E-state index in [1.54, 1.807) is 18.4 Å². The van der Waals surface area contributed by atoms with Gasteiger partial charge in [0, 0.05) is 11.6 Å². The fourth-order valence-electron chi connectivity index (χ4n) is 3.45. The normalized spacial score (nSPS) is 14.8. The Labute approximate surface area is 174 Å². The van der Waals surface area contributed by atoms with Gasteiger partial charge < -0.3 is 14.4 Å². The topological polar surface area (TPSA) is 56.1 Å². The van der Waals surface area contributed by atoms with E-state index in [0.29, 0.717) is 12.1 Å². The number of rotatable bonds is 6. The van der Waals surface area contributed by atoms with E-state index in [-0.39, 0.29) is 5.91 Å². The monoisotopic (exact) mass is 412 g/mol. The van der Waals surface area contributed by atoms with Gasteiger partial charge in [-0.25, -0.2) is 4.98 Å². The van der Waals surface area contributed by atoms with Gasteiger partial charge in [-0.05, 0) is 31.2 Å². The molecule has 0 unspecified atom stereocenters. The van der Waals surface area contributed by atoms with Crippen molar-refractivity contribution < 1.29 is 19.2 Å². The lowest BCUT2D eigenvalue weighted by Crippen LogP contribution is -3.14. The molecule has 2 aromatic carbocycles. The largest absolute Gasteiger partial charge is 0.497 e. The minimum Gasteiger partial charge on any atom is -0.497 e. The number of ether oxygens (including phenoxy) is 2. The van der Waals surface area contributed by atoms with E-state index in [2.05, 4.69) is 0 Å². The number of aryl methyl sites for hydroxylation is 1. The Balaban J connectivity index is 1.63. The van der Waals surface area contributed by atoms with Gasteiger partial charge >= 0.3 is 0 Å². The fourth-order valence-corrected chi connectivity index (χ4v) is 4.42. The predicted octanol–water partition coefficient (Wildman–Crippen LogP) is 2.18. The third-order valence-electron chi connectivity index (χ3n) is 5.25. The zero-order valence-electron chi connectivity index (χ0n) is 16.8. The van der Waals surface area contributed by atoms with Crippen LogP contribution in [0.1, 0.15) is 15.9 Å². The minimum atomic E-state index is -0.0105. The van der Waals surface area contributed by atoms with Gasteiger partial charge in [0.05, 0.1) is 43.6 Å². The molecule has 1 N–H and O–H groups in total. The second-order valence-electron chi connectivity index (χ2n) is 7.27. The number of carbonyl (C=O) groups excluding carboxylic acids is 1. The van der Waals surface area contributed by atoms with Crippen LogP contribution in [0, 0.1) is 6.92 Å². The third kappa shape index (κ3) is 4.58. The summed E-state index contributed by atoms with van der Waals surface area (Å²) in [7, 11) is 1.65. The number of nitrogens with one attached hydrogen (secondary N) is 1.